The summed E-state index contributed by atoms with van der Waals surface area (Å²) in [6.45, 7) is 13.9. The zero-order valence-corrected chi connectivity index (χ0v) is 11.9. The third-order valence-electron chi connectivity index (χ3n) is 3.11. The molecule has 2 nitrogen and oxygen atoms in total. The second kappa shape index (κ2) is 11.4. The van der Waals surface area contributed by atoms with Crippen LogP contribution in [0.4, 0.5) is 0 Å². The van der Waals surface area contributed by atoms with Gasteiger partial charge in [0.25, 0.3) is 0 Å². The molecule has 0 atom stereocenters. The van der Waals surface area contributed by atoms with Gasteiger partial charge in [-0.05, 0) is 59.3 Å². The molecule has 0 saturated heterocycles. The lowest BCUT2D eigenvalue weighted by Gasteiger charge is -2.24. The highest BCUT2D eigenvalue weighted by atomic mass is 15.1. The first kappa shape index (κ1) is 15.9. The van der Waals surface area contributed by atoms with Gasteiger partial charge in [0.2, 0.25) is 0 Å². The predicted molar refractivity (Wildman–Crippen MR) is 74.0 cm³/mol. The van der Waals surface area contributed by atoms with E-state index < -0.39 is 0 Å². The van der Waals surface area contributed by atoms with Crippen LogP contribution in [0.3, 0.4) is 0 Å². The van der Waals surface area contributed by atoms with Crippen molar-refractivity contribution in [1.82, 2.24) is 10.2 Å². The molecular formula is C14H32N2. The number of unbranched alkanes of at least 4 members (excludes halogenated alkanes) is 3. The Kier molecular flexibility index (Phi) is 11.3. The molecule has 0 radical (unpaired) electrons. The monoisotopic (exact) mass is 228 g/mol. The summed E-state index contributed by atoms with van der Waals surface area (Å²) < 4.78 is 0. The standard InChI is InChI=1S/C14H32N2/c1-5-11-15-12-9-7-8-10-13-16(6-2)14(3)4/h14-15H,5-13H2,1-4H3. The highest BCUT2D eigenvalue weighted by Gasteiger charge is 2.05. The smallest absolute Gasteiger partial charge is 0.00384 e. The molecule has 2 heteroatoms. The average molecular weight is 228 g/mol. The average Bonchev–Trinajstić information content (AvgIpc) is 2.26. The van der Waals surface area contributed by atoms with Crippen molar-refractivity contribution in [2.45, 2.75) is 65.8 Å². The summed E-state index contributed by atoms with van der Waals surface area (Å²) >= 11 is 0. The Morgan fingerprint density at radius 2 is 1.62 bits per heavy atom. The Hall–Kier alpha value is -0.0800. The molecule has 0 aliphatic rings. The van der Waals surface area contributed by atoms with Crippen LogP contribution in [-0.4, -0.2) is 37.1 Å². The minimum Gasteiger partial charge on any atom is -0.317 e. The normalized spacial score (nSPS) is 11.6. The van der Waals surface area contributed by atoms with Crippen LogP contribution in [0.15, 0.2) is 0 Å². The summed E-state index contributed by atoms with van der Waals surface area (Å²) in [7, 11) is 0. The Morgan fingerprint density at radius 3 is 2.19 bits per heavy atom. The van der Waals surface area contributed by atoms with Gasteiger partial charge in [0, 0.05) is 6.04 Å². The SMILES string of the molecule is CCCNCCCCCCN(CC)C(C)C. The van der Waals surface area contributed by atoms with Crippen molar-refractivity contribution in [3.8, 4) is 0 Å². The maximum atomic E-state index is 3.45. The lowest BCUT2D eigenvalue weighted by molar-refractivity contribution is 0.228. The zero-order chi connectivity index (χ0) is 12.2. The Bertz CT molecular complexity index is 135. The van der Waals surface area contributed by atoms with Crippen molar-refractivity contribution in [2.24, 2.45) is 0 Å². The quantitative estimate of drug-likeness (QED) is 0.546. The summed E-state index contributed by atoms with van der Waals surface area (Å²) in [5, 5.41) is 3.45. The first-order chi connectivity index (χ1) is 7.72. The number of nitrogens with zero attached hydrogens (tertiary/aromatic N) is 1. The van der Waals surface area contributed by atoms with Crippen molar-refractivity contribution in [1.29, 1.82) is 0 Å². The Morgan fingerprint density at radius 1 is 0.938 bits per heavy atom. The third kappa shape index (κ3) is 9.17. The van der Waals surface area contributed by atoms with Crippen molar-refractivity contribution in [2.75, 3.05) is 26.2 Å². The minimum absolute atomic E-state index is 0.705. The summed E-state index contributed by atoms with van der Waals surface area (Å²) in [4.78, 5) is 2.55. The first-order valence-electron chi connectivity index (χ1n) is 7.17. The van der Waals surface area contributed by atoms with Gasteiger partial charge in [0.1, 0.15) is 0 Å². The van der Waals surface area contributed by atoms with E-state index in [0.717, 1.165) is 0 Å². The van der Waals surface area contributed by atoms with Crippen LogP contribution in [0, 0.1) is 0 Å². The molecule has 0 aromatic carbocycles. The van der Waals surface area contributed by atoms with E-state index in [4.69, 9.17) is 0 Å². The van der Waals surface area contributed by atoms with Crippen LogP contribution in [0.5, 0.6) is 0 Å². The second-order valence-electron chi connectivity index (χ2n) is 4.89. The lowest BCUT2D eigenvalue weighted by atomic mass is 10.1. The Balaban J connectivity index is 3.19. The van der Waals surface area contributed by atoms with E-state index in [2.05, 4.69) is 37.9 Å². The second-order valence-corrected chi connectivity index (χ2v) is 4.89. The number of nitrogens with one attached hydrogen (secondary N) is 1. The molecule has 1 N–H and O–H groups in total. The van der Waals surface area contributed by atoms with E-state index in [-0.39, 0.29) is 0 Å². The molecule has 0 amide bonds. The number of rotatable bonds is 11. The molecule has 0 aliphatic heterocycles. The molecule has 0 heterocycles. The van der Waals surface area contributed by atoms with Crippen molar-refractivity contribution in [3.63, 3.8) is 0 Å². The van der Waals surface area contributed by atoms with E-state index in [0.29, 0.717) is 6.04 Å². The molecule has 0 spiro atoms. The van der Waals surface area contributed by atoms with Gasteiger partial charge in [-0.15, -0.1) is 0 Å². The van der Waals surface area contributed by atoms with Crippen molar-refractivity contribution < 1.29 is 0 Å². The highest BCUT2D eigenvalue weighted by Crippen LogP contribution is 2.04. The molecule has 0 aliphatic carbocycles. The van der Waals surface area contributed by atoms with E-state index >= 15 is 0 Å². The van der Waals surface area contributed by atoms with E-state index in [1.807, 2.05) is 0 Å². The maximum absolute atomic E-state index is 3.45. The predicted octanol–water partition coefficient (Wildman–Crippen LogP) is 3.28. The van der Waals surface area contributed by atoms with Crippen LogP contribution in [0.1, 0.15) is 59.8 Å². The lowest BCUT2D eigenvalue weighted by Crippen LogP contribution is -2.31. The van der Waals surface area contributed by atoms with Gasteiger partial charge in [0.15, 0.2) is 0 Å². The fourth-order valence-electron chi connectivity index (χ4n) is 2.00. The van der Waals surface area contributed by atoms with E-state index in [9.17, 15) is 0 Å². The molecule has 0 aromatic heterocycles. The molecular weight excluding hydrogens is 196 g/mol. The summed E-state index contributed by atoms with van der Waals surface area (Å²) in [5.41, 5.74) is 0. The molecule has 0 bridgehead atoms. The van der Waals surface area contributed by atoms with Crippen molar-refractivity contribution in [3.05, 3.63) is 0 Å². The molecule has 0 unspecified atom stereocenters. The largest absolute Gasteiger partial charge is 0.317 e. The van der Waals surface area contributed by atoms with Gasteiger partial charge < -0.3 is 10.2 Å². The van der Waals surface area contributed by atoms with Crippen molar-refractivity contribution >= 4 is 0 Å². The van der Waals surface area contributed by atoms with Gasteiger partial charge in [-0.2, -0.15) is 0 Å². The van der Waals surface area contributed by atoms with Crippen LogP contribution in [0.2, 0.25) is 0 Å². The minimum atomic E-state index is 0.705. The third-order valence-corrected chi connectivity index (χ3v) is 3.11. The fourth-order valence-corrected chi connectivity index (χ4v) is 2.00. The van der Waals surface area contributed by atoms with Gasteiger partial charge in [-0.25, -0.2) is 0 Å². The van der Waals surface area contributed by atoms with Crippen LogP contribution in [-0.2, 0) is 0 Å². The maximum Gasteiger partial charge on any atom is 0.00384 e. The number of hydrogen-bond acceptors (Lipinski definition) is 2. The van der Waals surface area contributed by atoms with E-state index in [1.165, 1.54) is 58.3 Å². The molecule has 98 valence electrons. The van der Waals surface area contributed by atoms with Gasteiger partial charge in [-0.1, -0.05) is 26.7 Å². The van der Waals surface area contributed by atoms with E-state index in [1.54, 1.807) is 0 Å². The van der Waals surface area contributed by atoms with Crippen LogP contribution >= 0.6 is 0 Å². The molecule has 0 rings (SSSR count). The topological polar surface area (TPSA) is 15.3 Å². The summed E-state index contributed by atoms with van der Waals surface area (Å²) in [5.74, 6) is 0. The van der Waals surface area contributed by atoms with Gasteiger partial charge in [0.05, 0.1) is 0 Å². The summed E-state index contributed by atoms with van der Waals surface area (Å²) in [6, 6.07) is 0.705. The Labute approximate surface area is 103 Å². The molecule has 0 fully saturated rings. The molecule has 16 heavy (non-hydrogen) atoms. The zero-order valence-electron chi connectivity index (χ0n) is 11.9. The van der Waals surface area contributed by atoms with Crippen LogP contribution in [0.25, 0.3) is 0 Å². The van der Waals surface area contributed by atoms with Gasteiger partial charge >= 0.3 is 0 Å². The molecule has 0 aromatic rings. The highest BCUT2D eigenvalue weighted by molar-refractivity contribution is 4.60. The van der Waals surface area contributed by atoms with Gasteiger partial charge in [-0.3, -0.25) is 0 Å². The fraction of sp³-hybridized carbons (Fsp3) is 1.00. The number of hydrogen-bond donors (Lipinski definition) is 1. The summed E-state index contributed by atoms with van der Waals surface area (Å²) in [6.07, 6.45) is 6.72. The first-order valence-corrected chi connectivity index (χ1v) is 7.17. The van der Waals surface area contributed by atoms with Crippen LogP contribution < -0.4 is 5.32 Å². The molecule has 0 saturated carbocycles.